The van der Waals surface area contributed by atoms with E-state index in [-0.39, 0.29) is 10.8 Å². The van der Waals surface area contributed by atoms with Gasteiger partial charge in [0, 0.05) is 12.1 Å². The molecular formula is C11H16N2O3S. The van der Waals surface area contributed by atoms with Gasteiger partial charge in [-0.05, 0) is 31.0 Å². The third kappa shape index (κ3) is 3.83. The largest absolute Gasteiger partial charge is 0.326 e. The summed E-state index contributed by atoms with van der Waals surface area (Å²) in [4.78, 5) is 11.4. The third-order valence-electron chi connectivity index (χ3n) is 2.29. The number of hydrogen-bond donors (Lipinski definition) is 2. The highest BCUT2D eigenvalue weighted by Crippen LogP contribution is 2.19. The van der Waals surface area contributed by atoms with Crippen molar-refractivity contribution in [1.29, 1.82) is 0 Å². The Hall–Kier alpha value is -1.40. The summed E-state index contributed by atoms with van der Waals surface area (Å²) >= 11 is 0. The molecule has 1 aromatic carbocycles. The Labute approximate surface area is 101 Å². The number of benzene rings is 1. The highest BCUT2D eigenvalue weighted by atomic mass is 32.2. The lowest BCUT2D eigenvalue weighted by molar-refractivity contribution is -0.116. The van der Waals surface area contributed by atoms with E-state index >= 15 is 0 Å². The molecule has 0 saturated heterocycles. The van der Waals surface area contributed by atoms with Crippen molar-refractivity contribution < 1.29 is 13.2 Å². The SMILES string of the molecule is CCCC(=O)Nc1cc(S(N)(=O)=O)ccc1C. The predicted molar refractivity (Wildman–Crippen MR) is 66.1 cm³/mol. The van der Waals surface area contributed by atoms with Crippen molar-refractivity contribution in [3.8, 4) is 0 Å². The fourth-order valence-electron chi connectivity index (χ4n) is 1.35. The summed E-state index contributed by atoms with van der Waals surface area (Å²) in [5, 5.41) is 7.69. The molecular weight excluding hydrogens is 240 g/mol. The average molecular weight is 256 g/mol. The number of aryl methyl sites for hydroxylation is 1. The molecule has 0 spiro atoms. The van der Waals surface area contributed by atoms with Crippen LogP contribution in [0, 0.1) is 6.92 Å². The van der Waals surface area contributed by atoms with Gasteiger partial charge < -0.3 is 5.32 Å². The quantitative estimate of drug-likeness (QED) is 0.852. The maximum absolute atomic E-state index is 11.4. The number of nitrogens with one attached hydrogen (secondary N) is 1. The zero-order valence-electron chi connectivity index (χ0n) is 9.86. The molecule has 0 unspecified atom stereocenters. The van der Waals surface area contributed by atoms with E-state index in [1.165, 1.54) is 12.1 Å². The molecule has 0 heterocycles. The molecule has 0 fully saturated rings. The molecule has 0 radical (unpaired) electrons. The fourth-order valence-corrected chi connectivity index (χ4v) is 1.89. The maximum atomic E-state index is 11.4. The number of carbonyl (C=O) groups is 1. The minimum atomic E-state index is -3.74. The van der Waals surface area contributed by atoms with Crippen LogP contribution in [0.25, 0.3) is 0 Å². The highest BCUT2D eigenvalue weighted by Gasteiger charge is 2.11. The Morgan fingerprint density at radius 3 is 2.59 bits per heavy atom. The topological polar surface area (TPSA) is 89.3 Å². The van der Waals surface area contributed by atoms with Crippen molar-refractivity contribution in [1.82, 2.24) is 0 Å². The van der Waals surface area contributed by atoms with Crippen LogP contribution in [0.5, 0.6) is 0 Å². The van der Waals surface area contributed by atoms with Crippen LogP contribution in [0.4, 0.5) is 5.69 Å². The Morgan fingerprint density at radius 2 is 2.06 bits per heavy atom. The van der Waals surface area contributed by atoms with Crippen LogP contribution in [0.1, 0.15) is 25.3 Å². The molecule has 17 heavy (non-hydrogen) atoms. The summed E-state index contributed by atoms with van der Waals surface area (Å²) in [5.41, 5.74) is 1.27. The minimum Gasteiger partial charge on any atom is -0.326 e. The summed E-state index contributed by atoms with van der Waals surface area (Å²) in [6.45, 7) is 3.68. The van der Waals surface area contributed by atoms with E-state index in [9.17, 15) is 13.2 Å². The first-order chi connectivity index (χ1) is 7.84. The van der Waals surface area contributed by atoms with Crippen molar-refractivity contribution in [2.45, 2.75) is 31.6 Å². The number of primary sulfonamides is 1. The van der Waals surface area contributed by atoms with E-state index in [4.69, 9.17) is 5.14 Å². The lowest BCUT2D eigenvalue weighted by Gasteiger charge is -2.09. The van der Waals surface area contributed by atoms with Crippen molar-refractivity contribution >= 4 is 21.6 Å². The standard InChI is InChI=1S/C11H16N2O3S/c1-3-4-11(14)13-10-7-9(17(12,15)16)6-5-8(10)2/h5-7H,3-4H2,1-2H3,(H,13,14)(H2,12,15,16). The summed E-state index contributed by atoms with van der Waals surface area (Å²) in [6, 6.07) is 4.40. The number of sulfonamides is 1. The number of amides is 1. The van der Waals surface area contributed by atoms with Crippen molar-refractivity contribution in [2.75, 3.05) is 5.32 Å². The lowest BCUT2D eigenvalue weighted by atomic mass is 10.2. The summed E-state index contributed by atoms with van der Waals surface area (Å²) in [5.74, 6) is -0.137. The number of hydrogen-bond acceptors (Lipinski definition) is 3. The zero-order valence-corrected chi connectivity index (χ0v) is 10.7. The van der Waals surface area contributed by atoms with Gasteiger partial charge in [0.1, 0.15) is 0 Å². The molecule has 0 saturated carbocycles. The first-order valence-electron chi connectivity index (χ1n) is 5.28. The van der Waals surface area contributed by atoms with Crippen molar-refractivity contribution in [3.63, 3.8) is 0 Å². The van der Waals surface area contributed by atoms with E-state index in [1.54, 1.807) is 13.0 Å². The number of rotatable bonds is 4. The molecule has 1 amide bonds. The van der Waals surface area contributed by atoms with Gasteiger partial charge in [-0.3, -0.25) is 4.79 Å². The Morgan fingerprint density at radius 1 is 1.41 bits per heavy atom. The second-order valence-corrected chi connectivity index (χ2v) is 5.38. The van der Waals surface area contributed by atoms with E-state index < -0.39 is 10.0 Å². The van der Waals surface area contributed by atoms with E-state index in [0.29, 0.717) is 12.1 Å². The van der Waals surface area contributed by atoms with Gasteiger partial charge in [0.05, 0.1) is 4.90 Å². The molecule has 5 nitrogen and oxygen atoms in total. The molecule has 0 atom stereocenters. The number of nitrogens with two attached hydrogens (primary N) is 1. The van der Waals surface area contributed by atoms with Crippen molar-refractivity contribution in [2.24, 2.45) is 5.14 Å². The van der Waals surface area contributed by atoms with Crippen LogP contribution in [0.2, 0.25) is 0 Å². The summed E-state index contributed by atoms with van der Waals surface area (Å²) < 4.78 is 22.3. The van der Waals surface area contributed by atoms with Gasteiger partial charge in [0.25, 0.3) is 0 Å². The van der Waals surface area contributed by atoms with Gasteiger partial charge in [0.15, 0.2) is 0 Å². The summed E-state index contributed by atoms with van der Waals surface area (Å²) in [7, 11) is -3.74. The van der Waals surface area contributed by atoms with E-state index in [1.807, 2.05) is 6.92 Å². The van der Waals surface area contributed by atoms with Crippen LogP contribution in [-0.2, 0) is 14.8 Å². The van der Waals surface area contributed by atoms with Gasteiger partial charge in [0.2, 0.25) is 15.9 Å². The second-order valence-electron chi connectivity index (χ2n) is 3.82. The summed E-state index contributed by atoms with van der Waals surface area (Å²) in [6.07, 6.45) is 1.14. The first kappa shape index (κ1) is 13.7. The highest BCUT2D eigenvalue weighted by molar-refractivity contribution is 7.89. The normalized spacial score (nSPS) is 11.2. The smallest absolute Gasteiger partial charge is 0.238 e. The molecule has 0 aliphatic heterocycles. The van der Waals surface area contributed by atoms with Gasteiger partial charge in [-0.2, -0.15) is 0 Å². The zero-order chi connectivity index (χ0) is 13.1. The van der Waals surface area contributed by atoms with Crippen LogP contribution in [0.3, 0.4) is 0 Å². The monoisotopic (exact) mass is 256 g/mol. The molecule has 6 heteroatoms. The second kappa shape index (κ2) is 5.29. The molecule has 0 aromatic heterocycles. The van der Waals surface area contributed by atoms with Gasteiger partial charge in [-0.25, -0.2) is 13.6 Å². The fraction of sp³-hybridized carbons (Fsp3) is 0.364. The first-order valence-corrected chi connectivity index (χ1v) is 6.82. The molecule has 3 N–H and O–H groups in total. The molecule has 94 valence electrons. The lowest BCUT2D eigenvalue weighted by Crippen LogP contribution is -2.15. The Balaban J connectivity index is 3.03. The minimum absolute atomic E-state index is 0.00472. The predicted octanol–water partition coefficient (Wildman–Crippen LogP) is 1.38. The molecule has 1 aromatic rings. The maximum Gasteiger partial charge on any atom is 0.238 e. The number of carbonyl (C=O) groups excluding carboxylic acids is 1. The van der Waals surface area contributed by atoms with E-state index in [0.717, 1.165) is 12.0 Å². The van der Waals surface area contributed by atoms with Gasteiger partial charge in [-0.15, -0.1) is 0 Å². The third-order valence-corrected chi connectivity index (χ3v) is 3.20. The van der Waals surface area contributed by atoms with Crippen LogP contribution >= 0.6 is 0 Å². The Bertz CT molecular complexity index is 524. The Kier molecular flexibility index (Phi) is 4.25. The molecule has 1 rings (SSSR count). The molecule has 0 aliphatic rings. The van der Waals surface area contributed by atoms with Gasteiger partial charge in [-0.1, -0.05) is 13.0 Å². The molecule has 0 bridgehead atoms. The van der Waals surface area contributed by atoms with E-state index in [2.05, 4.69) is 5.32 Å². The van der Waals surface area contributed by atoms with Crippen LogP contribution in [-0.4, -0.2) is 14.3 Å². The van der Waals surface area contributed by atoms with Crippen LogP contribution < -0.4 is 10.5 Å². The average Bonchev–Trinajstić information content (AvgIpc) is 2.20. The van der Waals surface area contributed by atoms with Crippen molar-refractivity contribution in [3.05, 3.63) is 23.8 Å². The van der Waals surface area contributed by atoms with Gasteiger partial charge >= 0.3 is 0 Å². The van der Waals surface area contributed by atoms with Crippen LogP contribution in [0.15, 0.2) is 23.1 Å². The molecule has 0 aliphatic carbocycles. The number of anilines is 1.